The fraction of sp³-hybridized carbons (Fsp3) is 0.333. The van der Waals surface area contributed by atoms with Gasteiger partial charge in [0.1, 0.15) is 5.82 Å². The number of amides is 1. The van der Waals surface area contributed by atoms with Crippen LogP contribution in [0.25, 0.3) is 0 Å². The summed E-state index contributed by atoms with van der Waals surface area (Å²) >= 11 is 0. The van der Waals surface area contributed by atoms with Gasteiger partial charge in [0, 0.05) is 25.2 Å². The second-order valence-electron chi connectivity index (χ2n) is 5.60. The van der Waals surface area contributed by atoms with Crippen molar-refractivity contribution in [3.05, 3.63) is 59.3 Å². The lowest BCUT2D eigenvalue weighted by atomic mass is 10.1. The average molecular weight is 295 g/mol. The number of pyridine rings is 1. The fourth-order valence-corrected chi connectivity index (χ4v) is 2.68. The van der Waals surface area contributed by atoms with Crippen molar-refractivity contribution in [3.8, 4) is 0 Å². The Hall–Kier alpha value is -2.36. The minimum Gasteiger partial charge on any atom is -0.370 e. The molecule has 0 unspecified atom stereocenters. The largest absolute Gasteiger partial charge is 0.370 e. The van der Waals surface area contributed by atoms with Crippen LogP contribution in [-0.2, 0) is 24.1 Å². The van der Waals surface area contributed by atoms with Crippen LogP contribution >= 0.6 is 0 Å². The molecule has 2 heterocycles. The van der Waals surface area contributed by atoms with E-state index in [2.05, 4.69) is 27.8 Å². The molecule has 0 bridgehead atoms. The lowest BCUT2D eigenvalue weighted by molar-refractivity contribution is -0.120. The van der Waals surface area contributed by atoms with Gasteiger partial charge < -0.3 is 10.6 Å². The maximum atomic E-state index is 11.9. The number of hydrogen-bond acceptors (Lipinski definition) is 3. The Bertz CT molecular complexity index is 640. The molecule has 22 heavy (non-hydrogen) atoms. The van der Waals surface area contributed by atoms with Gasteiger partial charge in [0.15, 0.2) is 0 Å². The summed E-state index contributed by atoms with van der Waals surface area (Å²) < 4.78 is 0. The standard InChI is InChI=1S/C18H21N3O/c22-17(13-14-5-2-1-3-6-14)19-12-10-16-9-8-15-7-4-11-20-18(15)21-16/h1-3,5-6,8-9H,4,7,10-13H2,(H,19,22)(H,20,21). The van der Waals surface area contributed by atoms with Gasteiger partial charge >= 0.3 is 0 Å². The van der Waals surface area contributed by atoms with Gasteiger partial charge in [-0.05, 0) is 30.0 Å². The molecule has 1 aliphatic heterocycles. The molecule has 0 saturated heterocycles. The molecule has 2 aromatic rings. The molecule has 1 aromatic carbocycles. The van der Waals surface area contributed by atoms with E-state index in [1.165, 1.54) is 12.0 Å². The molecule has 1 aliphatic rings. The zero-order chi connectivity index (χ0) is 15.2. The van der Waals surface area contributed by atoms with Crippen LogP contribution in [0.4, 0.5) is 5.82 Å². The van der Waals surface area contributed by atoms with E-state index in [4.69, 9.17) is 0 Å². The number of benzene rings is 1. The van der Waals surface area contributed by atoms with Crippen molar-refractivity contribution in [2.45, 2.75) is 25.7 Å². The van der Waals surface area contributed by atoms with Crippen molar-refractivity contribution < 1.29 is 4.79 Å². The number of fused-ring (bicyclic) bond motifs is 1. The molecule has 0 radical (unpaired) electrons. The van der Waals surface area contributed by atoms with E-state index < -0.39 is 0 Å². The summed E-state index contributed by atoms with van der Waals surface area (Å²) in [6, 6.07) is 14.0. The maximum absolute atomic E-state index is 11.9. The van der Waals surface area contributed by atoms with Gasteiger partial charge in [-0.25, -0.2) is 4.98 Å². The topological polar surface area (TPSA) is 54.0 Å². The van der Waals surface area contributed by atoms with Crippen LogP contribution in [0.15, 0.2) is 42.5 Å². The first kappa shape index (κ1) is 14.6. The second kappa shape index (κ2) is 7.07. The Balaban J connectivity index is 1.47. The number of carbonyl (C=O) groups excluding carboxylic acids is 1. The van der Waals surface area contributed by atoms with Crippen LogP contribution in [0.1, 0.15) is 23.2 Å². The highest BCUT2D eigenvalue weighted by Gasteiger charge is 2.10. The summed E-state index contributed by atoms with van der Waals surface area (Å²) in [5.74, 6) is 1.07. The number of rotatable bonds is 5. The Morgan fingerprint density at radius 2 is 2.05 bits per heavy atom. The first-order valence-electron chi connectivity index (χ1n) is 7.84. The second-order valence-corrected chi connectivity index (χ2v) is 5.60. The van der Waals surface area contributed by atoms with Crippen LogP contribution in [0.5, 0.6) is 0 Å². The highest BCUT2D eigenvalue weighted by atomic mass is 16.1. The highest BCUT2D eigenvalue weighted by Crippen LogP contribution is 2.19. The Morgan fingerprint density at radius 1 is 1.18 bits per heavy atom. The van der Waals surface area contributed by atoms with E-state index in [-0.39, 0.29) is 5.91 Å². The van der Waals surface area contributed by atoms with E-state index in [0.29, 0.717) is 13.0 Å². The minimum atomic E-state index is 0.0577. The summed E-state index contributed by atoms with van der Waals surface area (Å²) in [4.78, 5) is 16.5. The molecule has 0 aliphatic carbocycles. The third-order valence-electron chi connectivity index (χ3n) is 3.86. The number of carbonyl (C=O) groups is 1. The Labute approximate surface area is 131 Å². The normalized spacial score (nSPS) is 13.1. The first-order chi connectivity index (χ1) is 10.8. The SMILES string of the molecule is O=C(Cc1ccccc1)NCCc1ccc2c(n1)NCCC2. The predicted octanol–water partition coefficient (Wildman–Crippen LogP) is 2.34. The van der Waals surface area contributed by atoms with Crippen molar-refractivity contribution in [2.24, 2.45) is 0 Å². The molecule has 4 nitrogen and oxygen atoms in total. The van der Waals surface area contributed by atoms with Crippen LogP contribution in [0.3, 0.4) is 0 Å². The van der Waals surface area contributed by atoms with Crippen LogP contribution < -0.4 is 10.6 Å². The molecule has 0 atom stereocenters. The fourth-order valence-electron chi connectivity index (χ4n) is 2.68. The van der Waals surface area contributed by atoms with E-state index in [1.54, 1.807) is 0 Å². The smallest absolute Gasteiger partial charge is 0.224 e. The van der Waals surface area contributed by atoms with Gasteiger partial charge in [-0.2, -0.15) is 0 Å². The molecule has 2 N–H and O–H groups in total. The highest BCUT2D eigenvalue weighted by molar-refractivity contribution is 5.78. The number of anilines is 1. The van der Waals surface area contributed by atoms with E-state index in [1.807, 2.05) is 30.3 Å². The molecule has 0 spiro atoms. The maximum Gasteiger partial charge on any atom is 0.224 e. The molecule has 3 rings (SSSR count). The Kier molecular flexibility index (Phi) is 4.68. The molecule has 0 saturated carbocycles. The summed E-state index contributed by atoms with van der Waals surface area (Å²) in [5.41, 5.74) is 3.35. The van der Waals surface area contributed by atoms with E-state index in [0.717, 1.165) is 36.5 Å². The quantitative estimate of drug-likeness (QED) is 0.890. The van der Waals surface area contributed by atoms with Crippen LogP contribution in [0, 0.1) is 0 Å². The molecule has 4 heteroatoms. The lowest BCUT2D eigenvalue weighted by Crippen LogP contribution is -2.27. The van der Waals surface area contributed by atoms with Crippen LogP contribution in [0.2, 0.25) is 0 Å². The molecule has 1 aromatic heterocycles. The molecular formula is C18H21N3O. The van der Waals surface area contributed by atoms with Gasteiger partial charge in [-0.1, -0.05) is 36.4 Å². The number of nitrogens with zero attached hydrogens (tertiary/aromatic N) is 1. The number of aryl methyl sites for hydroxylation is 1. The van der Waals surface area contributed by atoms with Crippen molar-refractivity contribution in [2.75, 3.05) is 18.4 Å². The molecule has 1 amide bonds. The molecule has 114 valence electrons. The minimum absolute atomic E-state index is 0.0577. The van der Waals surface area contributed by atoms with Gasteiger partial charge in [0.25, 0.3) is 0 Å². The number of nitrogens with one attached hydrogen (secondary N) is 2. The molecule has 0 fully saturated rings. The zero-order valence-corrected chi connectivity index (χ0v) is 12.6. The summed E-state index contributed by atoms with van der Waals surface area (Å²) in [6.45, 7) is 1.62. The van der Waals surface area contributed by atoms with Gasteiger partial charge in [-0.15, -0.1) is 0 Å². The van der Waals surface area contributed by atoms with Gasteiger partial charge in [0.05, 0.1) is 6.42 Å². The monoisotopic (exact) mass is 295 g/mol. The zero-order valence-electron chi connectivity index (χ0n) is 12.6. The molecular weight excluding hydrogens is 274 g/mol. The van der Waals surface area contributed by atoms with Crippen molar-refractivity contribution >= 4 is 11.7 Å². The number of aromatic nitrogens is 1. The van der Waals surface area contributed by atoms with Crippen molar-refractivity contribution in [1.29, 1.82) is 0 Å². The summed E-state index contributed by atoms with van der Waals surface area (Å²) in [7, 11) is 0. The third-order valence-corrected chi connectivity index (χ3v) is 3.86. The number of hydrogen-bond donors (Lipinski definition) is 2. The summed E-state index contributed by atoms with van der Waals surface area (Å²) in [5, 5.41) is 6.30. The summed E-state index contributed by atoms with van der Waals surface area (Å²) in [6.07, 6.45) is 3.46. The lowest BCUT2D eigenvalue weighted by Gasteiger charge is -2.17. The van der Waals surface area contributed by atoms with Crippen molar-refractivity contribution in [1.82, 2.24) is 10.3 Å². The van der Waals surface area contributed by atoms with E-state index in [9.17, 15) is 4.79 Å². The van der Waals surface area contributed by atoms with Gasteiger partial charge in [0.2, 0.25) is 5.91 Å². The van der Waals surface area contributed by atoms with Gasteiger partial charge in [-0.3, -0.25) is 4.79 Å². The predicted molar refractivity (Wildman–Crippen MR) is 87.9 cm³/mol. The van der Waals surface area contributed by atoms with Crippen LogP contribution in [-0.4, -0.2) is 24.0 Å². The van der Waals surface area contributed by atoms with Crippen molar-refractivity contribution in [3.63, 3.8) is 0 Å². The van der Waals surface area contributed by atoms with E-state index >= 15 is 0 Å². The first-order valence-corrected chi connectivity index (χ1v) is 7.84. The average Bonchev–Trinajstić information content (AvgIpc) is 2.55. The third kappa shape index (κ3) is 3.85. The Morgan fingerprint density at radius 3 is 2.91 bits per heavy atom.